The summed E-state index contributed by atoms with van der Waals surface area (Å²) in [5.41, 5.74) is 0.0166. The number of carbonyl (C=O) groups is 1. The molecule has 1 aliphatic rings. The zero-order valence-corrected chi connectivity index (χ0v) is 12.1. The average molecular weight is 322 g/mol. The summed E-state index contributed by atoms with van der Waals surface area (Å²) in [5, 5.41) is 21.6. The molecule has 0 unspecified atom stereocenters. The Morgan fingerprint density at radius 3 is 2.73 bits per heavy atom. The van der Waals surface area contributed by atoms with E-state index in [1.807, 2.05) is 6.07 Å². The van der Waals surface area contributed by atoms with Gasteiger partial charge >= 0.3 is 6.09 Å². The maximum absolute atomic E-state index is 11.7. The molecule has 0 bridgehead atoms. The van der Waals surface area contributed by atoms with Gasteiger partial charge in [0.2, 0.25) is 9.84 Å². The molecular weight excluding hydrogens is 312 g/mol. The second kappa shape index (κ2) is 4.63. The van der Waals surface area contributed by atoms with Gasteiger partial charge in [-0.15, -0.1) is 5.10 Å². The zero-order chi connectivity index (χ0) is 16.1. The summed E-state index contributed by atoms with van der Waals surface area (Å²) in [6.07, 6.45) is 2.14. The van der Waals surface area contributed by atoms with Crippen LogP contribution in [0.4, 0.5) is 10.6 Å². The normalized spacial score (nSPS) is 14.7. The zero-order valence-electron chi connectivity index (χ0n) is 11.3. The van der Waals surface area contributed by atoms with Gasteiger partial charge in [0.25, 0.3) is 5.16 Å². The number of carboxylic acid groups (broad SMARTS) is 1. The first-order valence-corrected chi connectivity index (χ1v) is 8.10. The number of anilines is 1. The van der Waals surface area contributed by atoms with Crippen molar-refractivity contribution in [3.05, 3.63) is 11.9 Å². The highest BCUT2D eigenvalue weighted by atomic mass is 32.2. The smallest absolute Gasteiger partial charge is 0.413 e. The molecular formula is C11H10N6O4S. The quantitative estimate of drug-likeness (QED) is 0.835. The summed E-state index contributed by atoms with van der Waals surface area (Å²) in [7, 11) is -3.78. The Labute approximate surface area is 124 Å². The summed E-state index contributed by atoms with van der Waals surface area (Å²) < 4.78 is 24.4. The van der Waals surface area contributed by atoms with Crippen molar-refractivity contribution >= 4 is 27.4 Å². The van der Waals surface area contributed by atoms with Gasteiger partial charge in [0, 0.05) is 12.3 Å². The van der Waals surface area contributed by atoms with Crippen molar-refractivity contribution in [2.45, 2.75) is 24.0 Å². The fourth-order valence-electron chi connectivity index (χ4n) is 2.00. The molecule has 1 aliphatic carbocycles. The van der Waals surface area contributed by atoms with Gasteiger partial charge in [-0.1, -0.05) is 0 Å². The third-order valence-corrected chi connectivity index (χ3v) is 3.95. The van der Waals surface area contributed by atoms with Gasteiger partial charge in [0.05, 0.1) is 6.20 Å². The van der Waals surface area contributed by atoms with Crippen LogP contribution in [0.5, 0.6) is 0 Å². The number of aromatic nitrogens is 4. The van der Waals surface area contributed by atoms with Crippen LogP contribution in [0.1, 0.15) is 18.5 Å². The van der Waals surface area contributed by atoms with Crippen LogP contribution in [0.25, 0.3) is 5.65 Å². The first-order valence-electron chi connectivity index (χ1n) is 6.21. The lowest BCUT2D eigenvalue weighted by Crippen LogP contribution is -2.33. The van der Waals surface area contributed by atoms with Crippen LogP contribution >= 0.6 is 0 Å². The molecule has 0 aliphatic heterocycles. The molecule has 1 N–H and O–H groups in total. The predicted molar refractivity (Wildman–Crippen MR) is 72.1 cm³/mol. The maximum atomic E-state index is 11.7. The van der Waals surface area contributed by atoms with E-state index in [1.165, 1.54) is 6.20 Å². The number of hydrogen-bond acceptors (Lipinski definition) is 7. The highest BCUT2D eigenvalue weighted by molar-refractivity contribution is 7.90. The molecule has 0 aromatic carbocycles. The van der Waals surface area contributed by atoms with E-state index < -0.39 is 21.1 Å². The van der Waals surface area contributed by atoms with Crippen LogP contribution in [0.2, 0.25) is 0 Å². The number of sulfone groups is 1. The lowest BCUT2D eigenvalue weighted by Gasteiger charge is -2.18. The molecule has 3 rings (SSSR count). The summed E-state index contributed by atoms with van der Waals surface area (Å²) in [4.78, 5) is 20.2. The number of hydrogen-bond donors (Lipinski definition) is 1. The van der Waals surface area contributed by atoms with Crippen LogP contribution < -0.4 is 4.90 Å². The van der Waals surface area contributed by atoms with E-state index in [2.05, 4.69) is 15.1 Å². The van der Waals surface area contributed by atoms with Crippen LogP contribution in [-0.2, 0) is 9.84 Å². The van der Waals surface area contributed by atoms with E-state index in [0.29, 0.717) is 12.8 Å². The van der Waals surface area contributed by atoms with Gasteiger partial charge in [0.1, 0.15) is 6.07 Å². The first kappa shape index (κ1) is 14.2. The second-order valence-electron chi connectivity index (χ2n) is 4.86. The third kappa shape index (κ3) is 2.23. The maximum Gasteiger partial charge on any atom is 0.413 e. The lowest BCUT2D eigenvalue weighted by atomic mass is 10.5. The minimum atomic E-state index is -3.78. The van der Waals surface area contributed by atoms with E-state index in [1.54, 1.807) is 0 Å². The molecule has 11 heteroatoms. The van der Waals surface area contributed by atoms with Gasteiger partial charge in [-0.2, -0.15) is 14.8 Å². The summed E-state index contributed by atoms with van der Waals surface area (Å²) in [6, 6.07) is 1.55. The second-order valence-corrected chi connectivity index (χ2v) is 6.77. The van der Waals surface area contributed by atoms with E-state index in [9.17, 15) is 18.3 Å². The average Bonchev–Trinajstić information content (AvgIpc) is 3.16. The number of nitriles is 1. The van der Waals surface area contributed by atoms with Crippen molar-refractivity contribution in [2.75, 3.05) is 11.2 Å². The van der Waals surface area contributed by atoms with Gasteiger partial charge in [-0.3, -0.25) is 4.90 Å². The van der Waals surface area contributed by atoms with Crippen molar-refractivity contribution < 1.29 is 18.3 Å². The van der Waals surface area contributed by atoms with Gasteiger partial charge < -0.3 is 5.11 Å². The summed E-state index contributed by atoms with van der Waals surface area (Å²) in [5.74, 6) is -0.132. The van der Waals surface area contributed by atoms with E-state index in [0.717, 1.165) is 15.7 Å². The molecule has 2 aromatic rings. The van der Waals surface area contributed by atoms with Crippen molar-refractivity contribution in [2.24, 2.45) is 0 Å². The fourth-order valence-corrected chi connectivity index (χ4v) is 2.48. The third-order valence-electron chi connectivity index (χ3n) is 3.12. The van der Waals surface area contributed by atoms with Crippen LogP contribution in [0, 0.1) is 11.3 Å². The molecule has 114 valence electrons. The Morgan fingerprint density at radius 1 is 1.55 bits per heavy atom. The molecule has 2 heterocycles. The van der Waals surface area contributed by atoms with Gasteiger partial charge in [-0.25, -0.2) is 18.2 Å². The largest absolute Gasteiger partial charge is 0.465 e. The number of fused-ring (bicyclic) bond motifs is 1. The monoisotopic (exact) mass is 322 g/mol. The van der Waals surface area contributed by atoms with E-state index in [4.69, 9.17) is 5.26 Å². The molecule has 0 spiro atoms. The molecule has 0 saturated heterocycles. The molecule has 2 aromatic heterocycles. The molecule has 1 saturated carbocycles. The molecule has 0 atom stereocenters. The predicted octanol–water partition coefficient (Wildman–Crippen LogP) is 0.0463. The molecule has 22 heavy (non-hydrogen) atoms. The van der Waals surface area contributed by atoms with Gasteiger partial charge in [-0.05, 0) is 12.8 Å². The Kier molecular flexibility index (Phi) is 2.99. The van der Waals surface area contributed by atoms with Crippen LogP contribution in [0.15, 0.2) is 11.4 Å². The van der Waals surface area contributed by atoms with E-state index in [-0.39, 0.29) is 23.2 Å². The Balaban J connectivity index is 2.34. The van der Waals surface area contributed by atoms with Crippen LogP contribution in [0.3, 0.4) is 0 Å². The first-order chi connectivity index (χ1) is 10.3. The Bertz CT molecular complexity index is 924. The molecule has 1 fully saturated rings. The van der Waals surface area contributed by atoms with Crippen LogP contribution in [-0.4, -0.2) is 51.5 Å². The highest BCUT2D eigenvalue weighted by Crippen LogP contribution is 2.33. The van der Waals surface area contributed by atoms with Gasteiger partial charge in [0.15, 0.2) is 17.2 Å². The summed E-state index contributed by atoms with van der Waals surface area (Å²) in [6.45, 7) is 0. The van der Waals surface area contributed by atoms with Crippen molar-refractivity contribution in [1.29, 1.82) is 5.26 Å². The highest BCUT2D eigenvalue weighted by Gasteiger charge is 2.37. The minimum absolute atomic E-state index is 0.00955. The lowest BCUT2D eigenvalue weighted by molar-refractivity contribution is 0.201. The SMILES string of the molecule is CS(=O)(=O)c1nc(N(C(=O)O)C2CC2)c2ncc(C#N)n2n1. The fraction of sp³-hybridized carbons (Fsp3) is 0.364. The summed E-state index contributed by atoms with van der Waals surface area (Å²) >= 11 is 0. The van der Waals surface area contributed by atoms with Crippen molar-refractivity contribution in [1.82, 2.24) is 19.6 Å². The number of imidazole rings is 1. The molecule has 10 nitrogen and oxygen atoms in total. The number of amides is 1. The Morgan fingerprint density at radius 2 is 2.23 bits per heavy atom. The van der Waals surface area contributed by atoms with Crippen molar-refractivity contribution in [3.8, 4) is 6.07 Å². The van der Waals surface area contributed by atoms with E-state index >= 15 is 0 Å². The Hall–Kier alpha value is -2.74. The standard InChI is InChI=1S/C11H10N6O4S/c1-22(20,21)10-14-9(16(11(18)19)6-2-3-6)8-13-5-7(4-12)17(8)15-10/h5-6H,2-3H2,1H3,(H,18,19). The molecule has 0 radical (unpaired) electrons. The van der Waals surface area contributed by atoms with Crippen molar-refractivity contribution in [3.63, 3.8) is 0 Å². The number of rotatable bonds is 3. The molecule has 1 amide bonds. The minimum Gasteiger partial charge on any atom is -0.465 e. The number of nitrogens with zero attached hydrogens (tertiary/aromatic N) is 6. The topological polar surface area (TPSA) is 142 Å².